The second-order valence-corrected chi connectivity index (χ2v) is 7.62. The van der Waals surface area contributed by atoms with Gasteiger partial charge in [-0.1, -0.05) is 60.7 Å². The summed E-state index contributed by atoms with van der Waals surface area (Å²) in [6, 6.07) is 21.9. The van der Waals surface area contributed by atoms with Crippen LogP contribution < -0.4 is 4.74 Å². The molecule has 30 heavy (non-hydrogen) atoms. The summed E-state index contributed by atoms with van der Waals surface area (Å²) in [4.78, 5) is 0. The van der Waals surface area contributed by atoms with E-state index < -0.39 is 37.3 Å². The van der Waals surface area contributed by atoms with Gasteiger partial charge in [0, 0.05) is 5.39 Å². The fourth-order valence-corrected chi connectivity index (χ4v) is 4.23. The van der Waals surface area contributed by atoms with Gasteiger partial charge in [-0.15, -0.1) is 0 Å². The number of ether oxygens (including phenoxy) is 2. The Kier molecular flexibility index (Phi) is 4.81. The van der Waals surface area contributed by atoms with E-state index in [-0.39, 0.29) is 0 Å². The van der Waals surface area contributed by atoms with Crippen molar-refractivity contribution in [3.05, 3.63) is 66.7 Å². The average molecular weight is 406 g/mol. The molecule has 4 aromatic rings. The topological polar surface area (TPSA) is 99.4 Å². The predicted molar refractivity (Wildman–Crippen MR) is 113 cm³/mol. The second-order valence-electron chi connectivity index (χ2n) is 7.62. The Labute approximate surface area is 172 Å². The van der Waals surface area contributed by atoms with Crippen molar-refractivity contribution in [1.29, 1.82) is 0 Å². The molecular weight excluding hydrogens is 384 g/mol. The first-order valence-electron chi connectivity index (χ1n) is 9.89. The van der Waals surface area contributed by atoms with Gasteiger partial charge in [-0.3, -0.25) is 0 Å². The molecule has 1 aliphatic rings. The molecule has 5 atom stereocenters. The van der Waals surface area contributed by atoms with E-state index in [1.165, 1.54) is 0 Å². The van der Waals surface area contributed by atoms with Crippen LogP contribution in [0.3, 0.4) is 0 Å². The van der Waals surface area contributed by atoms with Gasteiger partial charge in [0.2, 0.25) is 6.29 Å². The summed E-state index contributed by atoms with van der Waals surface area (Å²) < 4.78 is 11.7. The van der Waals surface area contributed by atoms with Crippen molar-refractivity contribution in [1.82, 2.24) is 0 Å². The summed E-state index contributed by atoms with van der Waals surface area (Å²) in [7, 11) is 0. The van der Waals surface area contributed by atoms with Crippen LogP contribution in [0.2, 0.25) is 0 Å². The number of rotatable bonds is 3. The highest BCUT2D eigenvalue weighted by molar-refractivity contribution is 6.20. The van der Waals surface area contributed by atoms with E-state index >= 15 is 0 Å². The van der Waals surface area contributed by atoms with E-state index in [9.17, 15) is 20.4 Å². The first-order valence-corrected chi connectivity index (χ1v) is 9.89. The first-order chi connectivity index (χ1) is 14.6. The lowest BCUT2D eigenvalue weighted by atomic mass is 9.96. The molecule has 1 saturated heterocycles. The molecule has 0 spiro atoms. The largest absolute Gasteiger partial charge is 0.461 e. The second kappa shape index (κ2) is 7.50. The zero-order valence-electron chi connectivity index (χ0n) is 16.1. The van der Waals surface area contributed by atoms with E-state index in [0.717, 1.165) is 32.3 Å². The third-order valence-corrected chi connectivity index (χ3v) is 5.80. The van der Waals surface area contributed by atoms with E-state index in [2.05, 4.69) is 6.07 Å². The lowest BCUT2D eigenvalue weighted by Gasteiger charge is -2.39. The number of aliphatic hydroxyl groups is 4. The zero-order valence-corrected chi connectivity index (χ0v) is 16.1. The van der Waals surface area contributed by atoms with Gasteiger partial charge in [0.1, 0.15) is 30.2 Å². The fourth-order valence-electron chi connectivity index (χ4n) is 4.23. The van der Waals surface area contributed by atoms with Crippen LogP contribution in [0.4, 0.5) is 0 Å². The van der Waals surface area contributed by atoms with Gasteiger partial charge in [-0.2, -0.15) is 0 Å². The molecule has 4 aromatic carbocycles. The number of hydrogen-bond donors (Lipinski definition) is 4. The Morgan fingerprint density at radius 3 is 2.20 bits per heavy atom. The normalized spacial score (nSPS) is 27.0. The molecule has 1 unspecified atom stereocenters. The van der Waals surface area contributed by atoms with Crippen LogP contribution in [0.25, 0.3) is 32.3 Å². The Balaban J connectivity index is 1.70. The molecule has 1 aliphatic heterocycles. The maximum absolute atomic E-state index is 10.4. The van der Waals surface area contributed by atoms with Crippen LogP contribution in [0, 0.1) is 0 Å². The molecule has 6 nitrogen and oxygen atoms in total. The number of aliphatic hydroxyl groups excluding tert-OH is 4. The van der Waals surface area contributed by atoms with Crippen molar-refractivity contribution in [2.75, 3.05) is 6.61 Å². The number of hydrogen-bond acceptors (Lipinski definition) is 6. The van der Waals surface area contributed by atoms with E-state index in [4.69, 9.17) is 9.47 Å². The lowest BCUT2D eigenvalue weighted by molar-refractivity contribution is -0.277. The van der Waals surface area contributed by atoms with Gasteiger partial charge in [0.15, 0.2) is 0 Å². The monoisotopic (exact) mass is 406 g/mol. The average Bonchev–Trinajstić information content (AvgIpc) is 2.79. The summed E-state index contributed by atoms with van der Waals surface area (Å²) >= 11 is 0. The maximum Gasteiger partial charge on any atom is 0.229 e. The third kappa shape index (κ3) is 3.01. The molecule has 1 fully saturated rings. The molecule has 0 aliphatic carbocycles. The Morgan fingerprint density at radius 1 is 0.733 bits per heavy atom. The molecule has 0 radical (unpaired) electrons. The maximum atomic E-state index is 10.4. The van der Waals surface area contributed by atoms with E-state index in [1.54, 1.807) is 0 Å². The van der Waals surface area contributed by atoms with Crippen molar-refractivity contribution >= 4 is 32.3 Å². The van der Waals surface area contributed by atoms with Gasteiger partial charge >= 0.3 is 0 Å². The van der Waals surface area contributed by atoms with Crippen molar-refractivity contribution in [3.8, 4) is 5.75 Å². The van der Waals surface area contributed by atoms with Crippen LogP contribution in [0.5, 0.6) is 5.75 Å². The molecule has 0 amide bonds. The van der Waals surface area contributed by atoms with Crippen LogP contribution in [0.1, 0.15) is 0 Å². The molecule has 0 aromatic heterocycles. The highest BCUT2D eigenvalue weighted by Crippen LogP contribution is 2.39. The van der Waals surface area contributed by atoms with Crippen LogP contribution in [-0.2, 0) is 4.74 Å². The smallest absolute Gasteiger partial charge is 0.229 e. The minimum Gasteiger partial charge on any atom is -0.461 e. The lowest BCUT2D eigenvalue weighted by Crippen LogP contribution is -2.60. The molecule has 5 rings (SSSR count). The van der Waals surface area contributed by atoms with Crippen LogP contribution in [-0.4, -0.2) is 57.7 Å². The summed E-state index contributed by atoms with van der Waals surface area (Å²) in [6.07, 6.45) is -6.68. The quantitative estimate of drug-likeness (QED) is 0.390. The number of benzene rings is 4. The Hall–Kier alpha value is -2.74. The standard InChI is InChI=1S/C24H22O6/c25-12-19-21(26)22(27)23(28)24(30-19)29-18-11-14-6-2-3-7-15(14)17-10-9-13-5-1-4-8-16(13)20(17)18/h1-11,19,21-28H,12H2/t19-,21-,22+,23-,24?/m0/s1. The predicted octanol–water partition coefficient (Wildman–Crippen LogP) is 2.32. The van der Waals surface area contributed by atoms with Gasteiger partial charge in [0.05, 0.1) is 6.61 Å². The summed E-state index contributed by atoms with van der Waals surface area (Å²) in [6.45, 7) is -0.508. The zero-order chi connectivity index (χ0) is 20.8. The fraction of sp³-hybridized carbons (Fsp3) is 0.250. The van der Waals surface area contributed by atoms with Crippen molar-refractivity contribution in [3.63, 3.8) is 0 Å². The van der Waals surface area contributed by atoms with E-state index in [0.29, 0.717) is 5.75 Å². The minimum atomic E-state index is -1.50. The summed E-state index contributed by atoms with van der Waals surface area (Å²) in [5.74, 6) is 0.491. The summed E-state index contributed by atoms with van der Waals surface area (Å²) in [5.41, 5.74) is 0. The molecule has 0 saturated carbocycles. The highest BCUT2D eigenvalue weighted by Gasteiger charge is 2.44. The van der Waals surface area contributed by atoms with Crippen molar-refractivity contribution in [2.45, 2.75) is 30.7 Å². The molecule has 4 N–H and O–H groups in total. The van der Waals surface area contributed by atoms with Gasteiger partial charge in [-0.05, 0) is 33.0 Å². The van der Waals surface area contributed by atoms with Crippen molar-refractivity contribution in [2.24, 2.45) is 0 Å². The Morgan fingerprint density at radius 2 is 1.43 bits per heavy atom. The van der Waals surface area contributed by atoms with Gasteiger partial charge in [-0.25, -0.2) is 0 Å². The number of fused-ring (bicyclic) bond motifs is 5. The van der Waals surface area contributed by atoms with Crippen LogP contribution >= 0.6 is 0 Å². The van der Waals surface area contributed by atoms with Crippen molar-refractivity contribution < 1.29 is 29.9 Å². The van der Waals surface area contributed by atoms with Crippen LogP contribution in [0.15, 0.2) is 66.7 Å². The first kappa shape index (κ1) is 19.2. The molecule has 0 bridgehead atoms. The third-order valence-electron chi connectivity index (χ3n) is 5.80. The summed E-state index contributed by atoms with van der Waals surface area (Å²) in [5, 5.41) is 46.0. The molecular formula is C24H22O6. The SMILES string of the molecule is OC[C@@H]1OC(Oc2cc3ccccc3c3ccc4ccccc4c23)[C@@H](O)[C@H](O)[C@H]1O. The Bertz CT molecular complexity index is 1220. The molecule has 6 heteroatoms. The minimum absolute atomic E-state index is 0.491. The molecule has 154 valence electrons. The molecule has 1 heterocycles. The van der Waals surface area contributed by atoms with Gasteiger partial charge < -0.3 is 29.9 Å². The highest BCUT2D eigenvalue weighted by atomic mass is 16.7. The van der Waals surface area contributed by atoms with Gasteiger partial charge in [0.25, 0.3) is 0 Å². The van der Waals surface area contributed by atoms with E-state index in [1.807, 2.05) is 60.7 Å².